The van der Waals surface area contributed by atoms with E-state index in [4.69, 9.17) is 11.6 Å². The van der Waals surface area contributed by atoms with Gasteiger partial charge in [0.2, 0.25) is 5.91 Å². The standard InChI is InChI=1S/C25H30ClFN6O/c26-17-11-19-20(14-30-23(19)28-12-17)24-31-15-21(27)25(32-24)29-13-18-8-4-5-9-33(18)22(34)10-16-6-2-1-3-7-16/h11-12,14-16,18H,1-10,13H2,(H,28,30)(H,29,31,32). The Morgan fingerprint density at radius 3 is 2.82 bits per heavy atom. The summed E-state index contributed by atoms with van der Waals surface area (Å²) in [6, 6.07) is 1.83. The Kier molecular flexibility index (Phi) is 6.94. The fourth-order valence-corrected chi connectivity index (χ4v) is 5.45. The summed E-state index contributed by atoms with van der Waals surface area (Å²) in [7, 11) is 0. The number of likely N-dealkylation sites (tertiary alicyclic amines) is 1. The molecule has 0 radical (unpaired) electrons. The van der Waals surface area contributed by atoms with Crippen LogP contribution in [0.3, 0.4) is 0 Å². The van der Waals surface area contributed by atoms with Crippen molar-refractivity contribution in [2.75, 3.05) is 18.4 Å². The second kappa shape index (κ2) is 10.3. The number of hydrogen-bond acceptors (Lipinski definition) is 5. The van der Waals surface area contributed by atoms with Gasteiger partial charge in [-0.25, -0.2) is 19.3 Å². The molecule has 180 valence electrons. The van der Waals surface area contributed by atoms with Crippen LogP contribution in [0.5, 0.6) is 0 Å². The normalized spacial score (nSPS) is 19.5. The number of carbonyl (C=O) groups is 1. The van der Waals surface area contributed by atoms with Gasteiger partial charge in [-0.2, -0.15) is 0 Å². The van der Waals surface area contributed by atoms with E-state index in [1.807, 2.05) is 4.90 Å². The van der Waals surface area contributed by atoms with E-state index in [1.54, 1.807) is 18.5 Å². The number of pyridine rings is 1. The molecule has 0 aromatic carbocycles. The maximum absolute atomic E-state index is 14.6. The maximum Gasteiger partial charge on any atom is 0.223 e. The first-order valence-corrected chi connectivity index (χ1v) is 12.6. The first-order chi connectivity index (χ1) is 16.6. The van der Waals surface area contributed by atoms with Gasteiger partial charge >= 0.3 is 0 Å². The summed E-state index contributed by atoms with van der Waals surface area (Å²) in [6.45, 7) is 1.24. The molecule has 5 rings (SSSR count). The number of carbonyl (C=O) groups excluding carboxylic acids is 1. The lowest BCUT2D eigenvalue weighted by Gasteiger charge is -2.37. The van der Waals surface area contributed by atoms with Crippen molar-refractivity contribution in [2.24, 2.45) is 5.92 Å². The van der Waals surface area contributed by atoms with Gasteiger partial charge in [-0.3, -0.25) is 4.79 Å². The van der Waals surface area contributed by atoms with E-state index in [0.717, 1.165) is 44.0 Å². The minimum Gasteiger partial charge on any atom is -0.365 e. The molecule has 4 heterocycles. The molecule has 3 aromatic heterocycles. The number of amides is 1. The van der Waals surface area contributed by atoms with E-state index in [-0.39, 0.29) is 17.8 Å². The third-order valence-corrected chi connectivity index (χ3v) is 7.33. The number of rotatable bonds is 6. The molecule has 2 N–H and O–H groups in total. The second-order valence-corrected chi connectivity index (χ2v) is 9.90. The average molecular weight is 485 g/mol. The lowest BCUT2D eigenvalue weighted by Crippen LogP contribution is -2.47. The third kappa shape index (κ3) is 5.02. The largest absolute Gasteiger partial charge is 0.365 e. The van der Waals surface area contributed by atoms with E-state index in [2.05, 4.69) is 25.3 Å². The van der Waals surface area contributed by atoms with Crippen LogP contribution in [0, 0.1) is 11.7 Å². The van der Waals surface area contributed by atoms with Gasteiger partial charge in [-0.1, -0.05) is 30.9 Å². The number of H-pyrrole nitrogens is 1. The van der Waals surface area contributed by atoms with Gasteiger partial charge in [0, 0.05) is 48.9 Å². The number of hydrogen-bond donors (Lipinski definition) is 2. The van der Waals surface area contributed by atoms with Crippen molar-refractivity contribution in [2.45, 2.75) is 63.8 Å². The van der Waals surface area contributed by atoms with E-state index in [9.17, 15) is 9.18 Å². The van der Waals surface area contributed by atoms with Crippen molar-refractivity contribution in [3.05, 3.63) is 35.5 Å². The Bertz CT molecular complexity index is 1160. The zero-order valence-electron chi connectivity index (χ0n) is 19.2. The molecule has 34 heavy (non-hydrogen) atoms. The van der Waals surface area contributed by atoms with Crippen LogP contribution in [0.2, 0.25) is 5.02 Å². The van der Waals surface area contributed by atoms with Crippen molar-refractivity contribution >= 4 is 34.4 Å². The number of aromatic nitrogens is 4. The van der Waals surface area contributed by atoms with Crippen molar-refractivity contribution in [3.63, 3.8) is 0 Å². The van der Waals surface area contributed by atoms with Crippen molar-refractivity contribution in [3.8, 4) is 11.4 Å². The monoisotopic (exact) mass is 484 g/mol. The number of aromatic amines is 1. The zero-order chi connectivity index (χ0) is 23.5. The van der Waals surface area contributed by atoms with Gasteiger partial charge in [-0.15, -0.1) is 0 Å². The second-order valence-electron chi connectivity index (χ2n) is 9.47. The van der Waals surface area contributed by atoms with Gasteiger partial charge in [0.1, 0.15) is 5.65 Å². The molecule has 0 spiro atoms. The number of fused-ring (bicyclic) bond motifs is 1. The van der Waals surface area contributed by atoms with Gasteiger partial charge < -0.3 is 15.2 Å². The van der Waals surface area contributed by atoms with Crippen LogP contribution >= 0.6 is 11.6 Å². The molecular formula is C25H30ClFN6O. The quantitative estimate of drug-likeness (QED) is 0.477. The maximum atomic E-state index is 14.6. The number of nitrogens with zero attached hydrogens (tertiary/aromatic N) is 4. The lowest BCUT2D eigenvalue weighted by molar-refractivity contribution is -0.135. The Balaban J connectivity index is 1.29. The van der Waals surface area contributed by atoms with Crippen LogP contribution in [0.25, 0.3) is 22.4 Å². The molecule has 1 amide bonds. The highest BCUT2D eigenvalue weighted by Gasteiger charge is 2.29. The van der Waals surface area contributed by atoms with E-state index >= 15 is 0 Å². The van der Waals surface area contributed by atoms with Crippen LogP contribution in [-0.4, -0.2) is 49.9 Å². The first-order valence-electron chi connectivity index (χ1n) is 12.3. The molecule has 7 nitrogen and oxygen atoms in total. The molecule has 9 heteroatoms. The summed E-state index contributed by atoms with van der Waals surface area (Å²) in [5.74, 6) is 0.756. The predicted molar refractivity (Wildman–Crippen MR) is 131 cm³/mol. The summed E-state index contributed by atoms with van der Waals surface area (Å²) in [5, 5.41) is 4.44. The highest BCUT2D eigenvalue weighted by molar-refractivity contribution is 6.31. The molecule has 0 bridgehead atoms. The number of anilines is 1. The van der Waals surface area contributed by atoms with Gasteiger partial charge in [0.25, 0.3) is 0 Å². The van der Waals surface area contributed by atoms with Crippen LogP contribution in [0.1, 0.15) is 57.8 Å². The van der Waals surface area contributed by atoms with Crippen molar-refractivity contribution in [1.82, 2.24) is 24.8 Å². The van der Waals surface area contributed by atoms with Crippen molar-refractivity contribution in [1.29, 1.82) is 0 Å². The first kappa shape index (κ1) is 23.0. The Morgan fingerprint density at radius 2 is 1.97 bits per heavy atom. The molecule has 1 saturated heterocycles. The van der Waals surface area contributed by atoms with Crippen LogP contribution in [-0.2, 0) is 4.79 Å². The van der Waals surface area contributed by atoms with Crippen LogP contribution < -0.4 is 5.32 Å². The molecule has 2 fully saturated rings. The molecule has 1 unspecified atom stereocenters. The molecule has 1 aliphatic carbocycles. The summed E-state index contributed by atoms with van der Waals surface area (Å²) in [5.41, 5.74) is 1.37. The van der Waals surface area contributed by atoms with Gasteiger partial charge in [0.05, 0.1) is 11.2 Å². The lowest BCUT2D eigenvalue weighted by atomic mass is 9.86. The van der Waals surface area contributed by atoms with Gasteiger partial charge in [0.15, 0.2) is 17.5 Å². The number of piperidine rings is 1. The molecule has 1 aliphatic heterocycles. The fourth-order valence-electron chi connectivity index (χ4n) is 5.29. The smallest absolute Gasteiger partial charge is 0.223 e. The minimum atomic E-state index is -0.518. The Labute approximate surface area is 203 Å². The van der Waals surface area contributed by atoms with E-state index < -0.39 is 5.82 Å². The van der Waals surface area contributed by atoms with Gasteiger partial charge in [-0.05, 0) is 44.1 Å². The Hall–Kier alpha value is -2.74. The number of nitrogens with one attached hydrogen (secondary N) is 2. The summed E-state index contributed by atoms with van der Waals surface area (Å²) in [4.78, 5) is 31.1. The SMILES string of the molecule is O=C(CC1CCCCC1)N1CCCCC1CNc1nc(-c2c[nH]c3ncc(Cl)cc23)ncc1F. The molecule has 1 saturated carbocycles. The van der Waals surface area contributed by atoms with Crippen LogP contribution in [0.15, 0.2) is 24.7 Å². The summed E-state index contributed by atoms with van der Waals surface area (Å²) < 4.78 is 14.6. The average Bonchev–Trinajstić information content (AvgIpc) is 3.27. The number of halogens is 2. The third-order valence-electron chi connectivity index (χ3n) is 7.12. The summed E-state index contributed by atoms with van der Waals surface area (Å²) in [6.07, 6.45) is 14.2. The fraction of sp³-hybridized carbons (Fsp3) is 0.520. The molecule has 2 aliphatic rings. The van der Waals surface area contributed by atoms with Crippen LogP contribution in [0.4, 0.5) is 10.2 Å². The zero-order valence-corrected chi connectivity index (χ0v) is 20.0. The molecule has 3 aromatic rings. The highest BCUT2D eigenvalue weighted by Crippen LogP contribution is 2.30. The predicted octanol–water partition coefficient (Wildman–Crippen LogP) is 5.58. The highest BCUT2D eigenvalue weighted by atomic mass is 35.5. The minimum absolute atomic E-state index is 0.0405. The summed E-state index contributed by atoms with van der Waals surface area (Å²) >= 11 is 6.11. The molecular weight excluding hydrogens is 455 g/mol. The van der Waals surface area contributed by atoms with E-state index in [1.165, 1.54) is 25.5 Å². The molecule has 1 atom stereocenters. The topological polar surface area (TPSA) is 86.8 Å². The Morgan fingerprint density at radius 1 is 1.15 bits per heavy atom. The van der Waals surface area contributed by atoms with Crippen molar-refractivity contribution < 1.29 is 9.18 Å². The van der Waals surface area contributed by atoms with E-state index in [0.29, 0.717) is 40.9 Å².